The molecule has 26 heavy (non-hydrogen) atoms. The second-order valence-corrected chi connectivity index (χ2v) is 5.84. The van der Waals surface area contributed by atoms with Crippen LogP contribution in [0.5, 0.6) is 0 Å². The summed E-state index contributed by atoms with van der Waals surface area (Å²) in [6.45, 7) is 1.28. The van der Waals surface area contributed by atoms with Gasteiger partial charge in [0.1, 0.15) is 6.61 Å². The number of hydrogen-bond acceptors (Lipinski definition) is 5. The van der Waals surface area contributed by atoms with E-state index in [1.807, 2.05) is 0 Å². The van der Waals surface area contributed by atoms with Gasteiger partial charge < -0.3 is 20.6 Å². The van der Waals surface area contributed by atoms with Crippen LogP contribution in [0.1, 0.15) is 33.7 Å². The van der Waals surface area contributed by atoms with Crippen LogP contribution in [-0.4, -0.2) is 31.1 Å². The third-order valence-corrected chi connectivity index (χ3v) is 3.99. The first-order valence-corrected chi connectivity index (χ1v) is 8.13. The molecule has 1 atom stereocenters. The maximum atomic E-state index is 12.2. The van der Waals surface area contributed by atoms with Crippen molar-refractivity contribution in [2.45, 2.75) is 18.9 Å². The maximum Gasteiger partial charge on any atom is 0.338 e. The maximum absolute atomic E-state index is 12.2. The lowest BCUT2D eigenvalue weighted by Crippen LogP contribution is -2.36. The van der Waals surface area contributed by atoms with E-state index in [1.54, 1.807) is 30.3 Å². The number of rotatable bonds is 5. The van der Waals surface area contributed by atoms with Crippen molar-refractivity contribution in [1.29, 1.82) is 0 Å². The van der Waals surface area contributed by atoms with Gasteiger partial charge in [-0.1, -0.05) is 6.07 Å². The highest BCUT2D eigenvalue weighted by molar-refractivity contribution is 6.02. The molecular weight excluding hydrogens is 358 g/mol. The number of anilines is 1. The number of benzene rings is 1. The summed E-state index contributed by atoms with van der Waals surface area (Å²) in [6, 6.07) is 11.2. The predicted octanol–water partition coefficient (Wildman–Crippen LogP) is 1.90. The average molecular weight is 378 g/mol. The van der Waals surface area contributed by atoms with Gasteiger partial charge in [-0.3, -0.25) is 4.79 Å². The van der Waals surface area contributed by atoms with E-state index in [1.165, 1.54) is 18.3 Å². The second-order valence-electron chi connectivity index (χ2n) is 5.84. The van der Waals surface area contributed by atoms with Crippen LogP contribution in [-0.2, 0) is 4.74 Å². The SMILES string of the molecule is Cl.O=C(OCC1CCCN1)c1cccc(NC(=O)c2cccc[n+]2[O-])c1. The van der Waals surface area contributed by atoms with Gasteiger partial charge in [-0.05, 0) is 43.7 Å². The van der Waals surface area contributed by atoms with Gasteiger partial charge in [0, 0.05) is 23.9 Å². The summed E-state index contributed by atoms with van der Waals surface area (Å²) >= 11 is 0. The van der Waals surface area contributed by atoms with Gasteiger partial charge in [-0.25, -0.2) is 4.79 Å². The van der Waals surface area contributed by atoms with Gasteiger partial charge in [0.25, 0.3) is 5.69 Å². The molecule has 2 aromatic rings. The summed E-state index contributed by atoms with van der Waals surface area (Å²) in [5.41, 5.74) is 0.740. The number of hydrogen-bond donors (Lipinski definition) is 2. The number of carbonyl (C=O) groups excluding carboxylic acids is 2. The lowest BCUT2D eigenvalue weighted by Gasteiger charge is -2.11. The molecule has 1 aromatic heterocycles. The van der Waals surface area contributed by atoms with E-state index in [0.29, 0.717) is 22.6 Å². The quantitative estimate of drug-likeness (QED) is 0.471. The van der Waals surface area contributed by atoms with Crippen LogP contribution in [0.4, 0.5) is 5.69 Å². The lowest BCUT2D eigenvalue weighted by atomic mass is 10.2. The number of nitrogens with one attached hydrogen (secondary N) is 2. The largest absolute Gasteiger partial charge is 0.618 e. The minimum Gasteiger partial charge on any atom is -0.618 e. The second kappa shape index (κ2) is 9.17. The number of amides is 1. The number of halogens is 1. The highest BCUT2D eigenvalue weighted by Gasteiger charge is 2.18. The Morgan fingerprint density at radius 3 is 2.85 bits per heavy atom. The minimum absolute atomic E-state index is 0. The number of pyridine rings is 1. The molecule has 0 saturated carbocycles. The molecule has 1 fully saturated rings. The van der Waals surface area contributed by atoms with Crippen molar-refractivity contribution in [3.8, 4) is 0 Å². The molecule has 1 aliphatic rings. The molecule has 2 heterocycles. The van der Waals surface area contributed by atoms with Gasteiger partial charge in [-0.15, -0.1) is 12.4 Å². The zero-order chi connectivity index (χ0) is 17.6. The van der Waals surface area contributed by atoms with Crippen LogP contribution in [0.15, 0.2) is 48.7 Å². The Labute approximate surface area is 157 Å². The molecule has 2 N–H and O–H groups in total. The summed E-state index contributed by atoms with van der Waals surface area (Å²) in [6.07, 6.45) is 3.33. The molecule has 0 aliphatic carbocycles. The molecule has 138 valence electrons. The summed E-state index contributed by atoms with van der Waals surface area (Å²) in [4.78, 5) is 24.3. The molecule has 0 spiro atoms. The Morgan fingerprint density at radius 2 is 2.12 bits per heavy atom. The van der Waals surface area contributed by atoms with Gasteiger partial charge >= 0.3 is 11.9 Å². The van der Waals surface area contributed by atoms with Crippen molar-refractivity contribution >= 4 is 30.0 Å². The molecule has 3 rings (SSSR count). The lowest BCUT2D eigenvalue weighted by molar-refractivity contribution is -0.607. The Hall–Kier alpha value is -2.64. The fourth-order valence-electron chi connectivity index (χ4n) is 2.68. The van der Waals surface area contributed by atoms with Crippen LogP contribution in [0, 0.1) is 5.21 Å². The first-order valence-electron chi connectivity index (χ1n) is 8.13. The first kappa shape index (κ1) is 19.7. The average Bonchev–Trinajstić information content (AvgIpc) is 3.14. The van der Waals surface area contributed by atoms with E-state index in [4.69, 9.17) is 4.74 Å². The normalized spacial score (nSPS) is 15.8. The van der Waals surface area contributed by atoms with E-state index < -0.39 is 11.9 Å². The van der Waals surface area contributed by atoms with Crippen LogP contribution in [0.3, 0.4) is 0 Å². The summed E-state index contributed by atoms with van der Waals surface area (Å²) in [7, 11) is 0. The molecular formula is C18H20ClN3O4. The fourth-order valence-corrected chi connectivity index (χ4v) is 2.68. The highest BCUT2D eigenvalue weighted by atomic mass is 35.5. The first-order chi connectivity index (χ1) is 12.1. The van der Waals surface area contributed by atoms with Gasteiger partial charge in [0.05, 0.1) is 5.56 Å². The van der Waals surface area contributed by atoms with Crippen molar-refractivity contribution < 1.29 is 19.1 Å². The van der Waals surface area contributed by atoms with Gasteiger partial charge in [0.15, 0.2) is 6.20 Å². The summed E-state index contributed by atoms with van der Waals surface area (Å²) in [5.74, 6) is -0.986. The number of carbonyl (C=O) groups is 2. The summed E-state index contributed by atoms with van der Waals surface area (Å²) < 4.78 is 5.80. The zero-order valence-corrected chi connectivity index (χ0v) is 14.8. The zero-order valence-electron chi connectivity index (χ0n) is 14.0. The standard InChI is InChI=1S/C18H19N3O4.ClH/c22-17(16-8-1-2-10-21(16)24)20-14-6-3-5-13(11-14)18(23)25-12-15-7-4-9-19-15;/h1-3,5-6,8,10-11,15,19H,4,7,9,12H2,(H,20,22);1H. The van der Waals surface area contributed by atoms with Crippen molar-refractivity contribution in [2.75, 3.05) is 18.5 Å². The van der Waals surface area contributed by atoms with E-state index in [9.17, 15) is 14.8 Å². The molecule has 7 nitrogen and oxygen atoms in total. The minimum atomic E-state index is -0.545. The number of ether oxygens (including phenoxy) is 1. The predicted molar refractivity (Wildman–Crippen MR) is 98.4 cm³/mol. The third kappa shape index (κ3) is 4.93. The molecule has 1 unspecified atom stereocenters. The molecule has 0 radical (unpaired) electrons. The number of esters is 1. The van der Waals surface area contributed by atoms with Crippen LogP contribution >= 0.6 is 12.4 Å². The highest BCUT2D eigenvalue weighted by Crippen LogP contribution is 2.13. The Morgan fingerprint density at radius 1 is 1.27 bits per heavy atom. The van der Waals surface area contributed by atoms with Crippen LogP contribution < -0.4 is 15.4 Å². The van der Waals surface area contributed by atoms with Crippen molar-refractivity contribution in [1.82, 2.24) is 5.32 Å². The van der Waals surface area contributed by atoms with Crippen molar-refractivity contribution in [2.24, 2.45) is 0 Å². The third-order valence-electron chi connectivity index (χ3n) is 3.99. The fraction of sp³-hybridized carbons (Fsp3) is 0.278. The number of nitrogens with zero attached hydrogens (tertiary/aromatic N) is 1. The Bertz CT molecular complexity index is 779. The molecule has 1 aliphatic heterocycles. The van der Waals surface area contributed by atoms with Gasteiger partial charge in [-0.2, -0.15) is 4.73 Å². The summed E-state index contributed by atoms with van der Waals surface area (Å²) in [5, 5.41) is 17.5. The van der Waals surface area contributed by atoms with Crippen molar-refractivity contribution in [3.63, 3.8) is 0 Å². The van der Waals surface area contributed by atoms with E-state index in [0.717, 1.165) is 19.4 Å². The monoisotopic (exact) mass is 377 g/mol. The molecule has 0 bridgehead atoms. The topological polar surface area (TPSA) is 94.4 Å². The van der Waals surface area contributed by atoms with Crippen LogP contribution in [0.25, 0.3) is 0 Å². The Balaban J connectivity index is 0.00000243. The van der Waals surface area contributed by atoms with E-state index in [2.05, 4.69) is 10.6 Å². The van der Waals surface area contributed by atoms with Gasteiger partial charge in [0.2, 0.25) is 0 Å². The smallest absolute Gasteiger partial charge is 0.338 e. The molecule has 1 saturated heterocycles. The number of aromatic nitrogens is 1. The van der Waals surface area contributed by atoms with E-state index in [-0.39, 0.29) is 24.1 Å². The molecule has 1 amide bonds. The van der Waals surface area contributed by atoms with Crippen LogP contribution in [0.2, 0.25) is 0 Å². The van der Waals surface area contributed by atoms with Crippen molar-refractivity contribution in [3.05, 3.63) is 65.1 Å². The molecule has 8 heteroatoms. The Kier molecular flexibility index (Phi) is 6.94. The van der Waals surface area contributed by atoms with E-state index >= 15 is 0 Å². The molecule has 1 aromatic carbocycles.